The molecule has 1 amide bonds. The summed E-state index contributed by atoms with van der Waals surface area (Å²) in [5, 5.41) is 2.98. The summed E-state index contributed by atoms with van der Waals surface area (Å²) in [7, 11) is 0. The molecule has 3 N–H and O–H groups in total. The Balaban J connectivity index is 1.67. The van der Waals surface area contributed by atoms with E-state index in [-0.39, 0.29) is 11.8 Å². The van der Waals surface area contributed by atoms with Gasteiger partial charge in [0, 0.05) is 16.1 Å². The van der Waals surface area contributed by atoms with E-state index in [0.29, 0.717) is 5.69 Å². The molecule has 2 unspecified atom stereocenters. The molecule has 2 fully saturated rings. The summed E-state index contributed by atoms with van der Waals surface area (Å²) in [6, 6.07) is 5.45. The van der Waals surface area contributed by atoms with E-state index in [4.69, 9.17) is 5.73 Å². The van der Waals surface area contributed by atoms with Crippen molar-refractivity contribution in [2.45, 2.75) is 19.3 Å². The number of anilines is 2. The second-order valence-electron chi connectivity index (χ2n) is 5.15. The van der Waals surface area contributed by atoms with Crippen LogP contribution in [0.2, 0.25) is 0 Å². The van der Waals surface area contributed by atoms with Gasteiger partial charge in [-0.25, -0.2) is 0 Å². The van der Waals surface area contributed by atoms with Gasteiger partial charge in [0.05, 0.1) is 5.69 Å². The van der Waals surface area contributed by atoms with Crippen molar-refractivity contribution in [1.82, 2.24) is 0 Å². The van der Waals surface area contributed by atoms with Gasteiger partial charge in [-0.05, 0) is 65.2 Å². The Morgan fingerprint density at radius 2 is 2.00 bits per heavy atom. The van der Waals surface area contributed by atoms with E-state index in [1.165, 1.54) is 6.42 Å². The fourth-order valence-electron chi connectivity index (χ4n) is 2.80. The lowest BCUT2D eigenvalue weighted by molar-refractivity contribution is -0.120. The van der Waals surface area contributed by atoms with Crippen LogP contribution in [-0.4, -0.2) is 5.91 Å². The second kappa shape index (κ2) is 4.02. The molecule has 3 nitrogen and oxygen atoms in total. The minimum Gasteiger partial charge on any atom is -0.399 e. The molecule has 2 saturated carbocycles. The summed E-state index contributed by atoms with van der Waals surface area (Å²) in [5.41, 5.74) is 7.16. The highest BCUT2D eigenvalue weighted by Crippen LogP contribution is 2.54. The third-order valence-electron chi connectivity index (χ3n) is 3.87. The molecule has 0 spiro atoms. The Morgan fingerprint density at radius 3 is 2.65 bits per heavy atom. The third kappa shape index (κ3) is 2.18. The van der Waals surface area contributed by atoms with Gasteiger partial charge in [-0.15, -0.1) is 0 Å². The summed E-state index contributed by atoms with van der Waals surface area (Å²) >= 11 is 3.41. The number of nitrogen functional groups attached to an aromatic ring is 1. The number of rotatable bonds is 2. The van der Waals surface area contributed by atoms with E-state index in [1.807, 2.05) is 12.1 Å². The Kier molecular flexibility index (Phi) is 2.62. The summed E-state index contributed by atoms with van der Waals surface area (Å²) < 4.78 is 0.842. The van der Waals surface area contributed by atoms with E-state index in [9.17, 15) is 4.79 Å². The number of fused-ring (bicyclic) bond motifs is 1. The Morgan fingerprint density at radius 1 is 1.29 bits per heavy atom. The molecule has 1 aromatic rings. The van der Waals surface area contributed by atoms with Crippen molar-refractivity contribution < 1.29 is 4.79 Å². The van der Waals surface area contributed by atoms with Gasteiger partial charge in [0.25, 0.3) is 0 Å². The van der Waals surface area contributed by atoms with Gasteiger partial charge in [-0.1, -0.05) is 0 Å². The zero-order valence-electron chi connectivity index (χ0n) is 9.45. The van der Waals surface area contributed by atoms with Crippen molar-refractivity contribution in [2.24, 2.45) is 17.8 Å². The van der Waals surface area contributed by atoms with E-state index in [1.54, 1.807) is 6.07 Å². The van der Waals surface area contributed by atoms with Crippen molar-refractivity contribution in [3.05, 3.63) is 22.7 Å². The van der Waals surface area contributed by atoms with Crippen LogP contribution in [0, 0.1) is 17.8 Å². The number of amides is 1. The molecule has 3 rings (SSSR count). The summed E-state index contributed by atoms with van der Waals surface area (Å²) in [4.78, 5) is 12.1. The van der Waals surface area contributed by atoms with Gasteiger partial charge in [-0.3, -0.25) is 4.79 Å². The standard InChI is InChI=1S/C13H15BrN2O/c14-11-6-10(15)1-2-12(11)16-13(17)9-4-7-3-8(7)5-9/h1-2,6-9H,3-5,15H2,(H,16,17). The molecule has 1 aromatic carbocycles. The van der Waals surface area contributed by atoms with Crippen LogP contribution >= 0.6 is 15.9 Å². The molecule has 2 atom stereocenters. The topological polar surface area (TPSA) is 55.1 Å². The number of carbonyl (C=O) groups is 1. The van der Waals surface area contributed by atoms with Crippen LogP contribution in [0.5, 0.6) is 0 Å². The molecule has 0 saturated heterocycles. The number of nitrogens with one attached hydrogen (secondary N) is 1. The van der Waals surface area contributed by atoms with Gasteiger partial charge in [0.15, 0.2) is 0 Å². The fourth-order valence-corrected chi connectivity index (χ4v) is 3.29. The van der Waals surface area contributed by atoms with Crippen LogP contribution in [0.15, 0.2) is 22.7 Å². The largest absolute Gasteiger partial charge is 0.399 e. The molecule has 0 heterocycles. The number of hydrogen-bond donors (Lipinski definition) is 2. The van der Waals surface area contributed by atoms with Gasteiger partial charge in [-0.2, -0.15) is 0 Å². The van der Waals surface area contributed by atoms with Crippen molar-refractivity contribution in [3.8, 4) is 0 Å². The summed E-state index contributed by atoms with van der Waals surface area (Å²) in [5.74, 6) is 2.03. The molecule has 90 valence electrons. The zero-order valence-corrected chi connectivity index (χ0v) is 11.0. The molecule has 0 aromatic heterocycles. The number of hydrogen-bond acceptors (Lipinski definition) is 2. The molecule has 0 radical (unpaired) electrons. The SMILES string of the molecule is Nc1ccc(NC(=O)C2CC3CC3C2)c(Br)c1. The predicted octanol–water partition coefficient (Wildman–Crippen LogP) is 3.02. The lowest BCUT2D eigenvalue weighted by Gasteiger charge is -2.13. The minimum absolute atomic E-state index is 0.155. The second-order valence-corrected chi connectivity index (χ2v) is 6.01. The predicted molar refractivity (Wildman–Crippen MR) is 71.5 cm³/mol. The first-order valence-corrected chi connectivity index (χ1v) is 6.78. The molecule has 0 bridgehead atoms. The van der Waals surface area contributed by atoms with Crippen LogP contribution in [0.4, 0.5) is 11.4 Å². The van der Waals surface area contributed by atoms with E-state index >= 15 is 0 Å². The normalized spacial score (nSPS) is 29.8. The highest BCUT2D eigenvalue weighted by molar-refractivity contribution is 9.10. The number of halogens is 1. The van der Waals surface area contributed by atoms with Gasteiger partial charge in [0.2, 0.25) is 5.91 Å². The van der Waals surface area contributed by atoms with Gasteiger partial charge in [0.1, 0.15) is 0 Å². The molecule has 4 heteroatoms. The number of carbonyl (C=O) groups excluding carboxylic acids is 1. The zero-order chi connectivity index (χ0) is 12.0. The smallest absolute Gasteiger partial charge is 0.227 e. The van der Waals surface area contributed by atoms with Crippen LogP contribution < -0.4 is 11.1 Å². The maximum absolute atomic E-state index is 12.1. The summed E-state index contributed by atoms with van der Waals surface area (Å²) in [6.07, 6.45) is 3.49. The lowest BCUT2D eigenvalue weighted by atomic mass is 10.0. The number of benzene rings is 1. The van der Waals surface area contributed by atoms with Crippen molar-refractivity contribution in [3.63, 3.8) is 0 Å². The van der Waals surface area contributed by atoms with Crippen LogP contribution in [0.1, 0.15) is 19.3 Å². The molecule has 2 aliphatic carbocycles. The Hall–Kier alpha value is -1.03. The van der Waals surface area contributed by atoms with Crippen molar-refractivity contribution in [2.75, 3.05) is 11.1 Å². The first kappa shape index (κ1) is 11.1. The molecular weight excluding hydrogens is 280 g/mol. The Bertz CT molecular complexity index is 464. The minimum atomic E-state index is 0.155. The first-order chi connectivity index (χ1) is 8.13. The third-order valence-corrected chi connectivity index (χ3v) is 4.52. The van der Waals surface area contributed by atoms with Crippen LogP contribution in [-0.2, 0) is 4.79 Å². The van der Waals surface area contributed by atoms with Gasteiger partial charge < -0.3 is 11.1 Å². The van der Waals surface area contributed by atoms with E-state index in [0.717, 1.165) is 34.8 Å². The maximum atomic E-state index is 12.1. The average Bonchev–Trinajstić information content (AvgIpc) is 2.89. The van der Waals surface area contributed by atoms with Gasteiger partial charge >= 0.3 is 0 Å². The molecule has 17 heavy (non-hydrogen) atoms. The quantitative estimate of drug-likeness (QED) is 0.824. The molecular formula is C13H15BrN2O. The molecule has 0 aliphatic heterocycles. The van der Waals surface area contributed by atoms with E-state index in [2.05, 4.69) is 21.2 Å². The monoisotopic (exact) mass is 294 g/mol. The van der Waals surface area contributed by atoms with E-state index < -0.39 is 0 Å². The first-order valence-electron chi connectivity index (χ1n) is 5.99. The van der Waals surface area contributed by atoms with Crippen molar-refractivity contribution >= 4 is 33.2 Å². The highest BCUT2D eigenvalue weighted by Gasteiger charge is 2.47. The molecule has 2 aliphatic rings. The Labute approximate surface area is 109 Å². The lowest BCUT2D eigenvalue weighted by Crippen LogP contribution is -2.21. The summed E-state index contributed by atoms with van der Waals surface area (Å²) in [6.45, 7) is 0. The fraction of sp³-hybridized carbons (Fsp3) is 0.462. The maximum Gasteiger partial charge on any atom is 0.227 e. The number of nitrogens with two attached hydrogens (primary N) is 1. The van der Waals surface area contributed by atoms with Crippen LogP contribution in [0.3, 0.4) is 0 Å². The highest BCUT2D eigenvalue weighted by atomic mass is 79.9. The van der Waals surface area contributed by atoms with Crippen molar-refractivity contribution in [1.29, 1.82) is 0 Å². The van der Waals surface area contributed by atoms with Crippen LogP contribution in [0.25, 0.3) is 0 Å². The average molecular weight is 295 g/mol.